The fourth-order valence-electron chi connectivity index (χ4n) is 3.26. The van der Waals surface area contributed by atoms with Crippen molar-refractivity contribution >= 4 is 5.69 Å². The first-order valence-electron chi connectivity index (χ1n) is 7.92. The van der Waals surface area contributed by atoms with E-state index in [9.17, 15) is 13.2 Å². The molecule has 1 aromatic carbocycles. The monoisotopic (exact) mass is 313 g/mol. The van der Waals surface area contributed by atoms with Crippen LogP contribution in [0.25, 0.3) is 0 Å². The van der Waals surface area contributed by atoms with Gasteiger partial charge in [0.05, 0.1) is 5.56 Å². The molecule has 0 radical (unpaired) electrons. The normalized spacial score (nSPS) is 20.6. The van der Waals surface area contributed by atoms with Gasteiger partial charge in [-0.15, -0.1) is 0 Å². The van der Waals surface area contributed by atoms with Crippen molar-refractivity contribution in [3.05, 3.63) is 29.3 Å². The van der Waals surface area contributed by atoms with E-state index in [2.05, 4.69) is 15.1 Å². The third kappa shape index (κ3) is 3.55. The number of hydrogen-bond donors (Lipinski definition) is 1. The van der Waals surface area contributed by atoms with Gasteiger partial charge < -0.3 is 10.2 Å². The molecule has 3 nitrogen and oxygen atoms in total. The summed E-state index contributed by atoms with van der Waals surface area (Å²) in [5.74, 6) is 0. The number of piperazine rings is 1. The lowest BCUT2D eigenvalue weighted by Crippen LogP contribution is -2.44. The number of anilines is 1. The summed E-state index contributed by atoms with van der Waals surface area (Å²) >= 11 is 0. The Kier molecular flexibility index (Phi) is 4.59. The van der Waals surface area contributed by atoms with Crippen molar-refractivity contribution in [2.24, 2.45) is 0 Å². The van der Waals surface area contributed by atoms with Gasteiger partial charge in [-0.05, 0) is 43.6 Å². The zero-order chi connectivity index (χ0) is 15.6. The molecule has 0 aromatic heterocycles. The van der Waals surface area contributed by atoms with Crippen LogP contribution in [0.1, 0.15) is 24.0 Å². The summed E-state index contributed by atoms with van der Waals surface area (Å²) in [6.45, 7) is 5.99. The molecular weight excluding hydrogens is 291 g/mol. The lowest BCUT2D eigenvalue weighted by Gasteiger charge is -2.32. The van der Waals surface area contributed by atoms with Crippen LogP contribution in [0.5, 0.6) is 0 Å². The van der Waals surface area contributed by atoms with E-state index >= 15 is 0 Å². The first kappa shape index (κ1) is 15.6. The van der Waals surface area contributed by atoms with Crippen molar-refractivity contribution in [2.45, 2.75) is 25.6 Å². The van der Waals surface area contributed by atoms with Gasteiger partial charge in [0.25, 0.3) is 0 Å². The van der Waals surface area contributed by atoms with Crippen LogP contribution in [-0.2, 0) is 12.7 Å². The van der Waals surface area contributed by atoms with Crippen LogP contribution in [-0.4, -0.2) is 44.2 Å². The van der Waals surface area contributed by atoms with Crippen LogP contribution < -0.4 is 10.2 Å². The molecule has 6 heteroatoms. The number of benzene rings is 1. The summed E-state index contributed by atoms with van der Waals surface area (Å²) < 4.78 is 39.1. The van der Waals surface area contributed by atoms with Crippen LogP contribution >= 0.6 is 0 Å². The predicted octanol–water partition coefficient (Wildman–Crippen LogP) is 2.71. The average Bonchev–Trinajstić information content (AvgIpc) is 3.00. The van der Waals surface area contributed by atoms with E-state index in [1.807, 2.05) is 0 Å². The van der Waals surface area contributed by atoms with E-state index < -0.39 is 11.7 Å². The lowest BCUT2D eigenvalue weighted by molar-refractivity contribution is -0.137. The molecule has 1 N–H and O–H groups in total. The fraction of sp³-hybridized carbons (Fsp3) is 0.625. The number of rotatable bonds is 3. The van der Waals surface area contributed by atoms with E-state index in [-0.39, 0.29) is 0 Å². The van der Waals surface area contributed by atoms with Crippen molar-refractivity contribution in [3.8, 4) is 0 Å². The number of alkyl halides is 3. The molecule has 0 aliphatic carbocycles. The van der Waals surface area contributed by atoms with Crippen LogP contribution in [0.15, 0.2) is 18.2 Å². The molecule has 2 saturated heterocycles. The molecule has 22 heavy (non-hydrogen) atoms. The quantitative estimate of drug-likeness (QED) is 0.926. The van der Waals surface area contributed by atoms with Gasteiger partial charge in [-0.1, -0.05) is 6.07 Å². The van der Waals surface area contributed by atoms with E-state index in [4.69, 9.17) is 0 Å². The molecule has 0 unspecified atom stereocenters. The van der Waals surface area contributed by atoms with Crippen molar-refractivity contribution in [1.29, 1.82) is 0 Å². The Balaban J connectivity index is 1.89. The standard InChI is InChI=1S/C16H22F3N3/c17-16(18,19)14-4-3-13(12-21-7-1-2-8-21)15(11-14)22-9-5-20-6-10-22/h3-4,11,20H,1-2,5-10,12H2. The summed E-state index contributed by atoms with van der Waals surface area (Å²) in [4.78, 5) is 4.41. The van der Waals surface area contributed by atoms with Crippen molar-refractivity contribution in [2.75, 3.05) is 44.2 Å². The summed E-state index contributed by atoms with van der Waals surface area (Å²) in [5, 5.41) is 3.25. The molecule has 3 rings (SSSR count). The molecule has 0 bridgehead atoms. The maximum absolute atomic E-state index is 13.0. The summed E-state index contributed by atoms with van der Waals surface area (Å²) in [5.41, 5.74) is 1.21. The van der Waals surface area contributed by atoms with E-state index in [1.165, 1.54) is 25.0 Å². The SMILES string of the molecule is FC(F)(F)c1ccc(CN2CCCC2)c(N2CCNCC2)c1. The highest BCUT2D eigenvalue weighted by atomic mass is 19.4. The number of likely N-dealkylation sites (tertiary alicyclic amines) is 1. The zero-order valence-electron chi connectivity index (χ0n) is 12.6. The highest BCUT2D eigenvalue weighted by molar-refractivity contribution is 5.56. The highest BCUT2D eigenvalue weighted by Crippen LogP contribution is 2.34. The summed E-state index contributed by atoms with van der Waals surface area (Å²) in [6, 6.07) is 4.21. The Morgan fingerprint density at radius 2 is 1.68 bits per heavy atom. The number of halogens is 3. The minimum Gasteiger partial charge on any atom is -0.369 e. The largest absolute Gasteiger partial charge is 0.416 e. The van der Waals surface area contributed by atoms with Gasteiger partial charge in [0, 0.05) is 38.4 Å². The summed E-state index contributed by atoms with van der Waals surface area (Å²) in [7, 11) is 0. The van der Waals surface area contributed by atoms with Gasteiger partial charge >= 0.3 is 6.18 Å². The molecule has 1 aromatic rings. The number of nitrogens with one attached hydrogen (secondary N) is 1. The van der Waals surface area contributed by atoms with E-state index in [1.54, 1.807) is 6.07 Å². The molecule has 0 saturated carbocycles. The van der Waals surface area contributed by atoms with Crippen LogP contribution in [0.4, 0.5) is 18.9 Å². The maximum atomic E-state index is 13.0. The zero-order valence-corrected chi connectivity index (χ0v) is 12.6. The highest BCUT2D eigenvalue weighted by Gasteiger charge is 2.32. The molecule has 0 amide bonds. The van der Waals surface area contributed by atoms with Crippen molar-refractivity contribution in [3.63, 3.8) is 0 Å². The van der Waals surface area contributed by atoms with Crippen LogP contribution in [0.2, 0.25) is 0 Å². The second-order valence-electron chi connectivity index (χ2n) is 6.06. The van der Waals surface area contributed by atoms with Gasteiger partial charge in [0.2, 0.25) is 0 Å². The lowest BCUT2D eigenvalue weighted by atomic mass is 10.1. The van der Waals surface area contributed by atoms with Gasteiger partial charge in [0.15, 0.2) is 0 Å². The van der Waals surface area contributed by atoms with E-state index in [0.717, 1.165) is 57.1 Å². The van der Waals surface area contributed by atoms with Crippen molar-refractivity contribution < 1.29 is 13.2 Å². The third-order valence-electron chi connectivity index (χ3n) is 4.46. The molecule has 0 atom stereocenters. The summed E-state index contributed by atoms with van der Waals surface area (Å²) in [6.07, 6.45) is -1.91. The molecular formula is C16H22F3N3. The molecule has 0 spiro atoms. The van der Waals surface area contributed by atoms with Gasteiger partial charge in [-0.2, -0.15) is 13.2 Å². The fourth-order valence-corrected chi connectivity index (χ4v) is 3.26. The molecule has 2 aliphatic rings. The second kappa shape index (κ2) is 6.46. The van der Waals surface area contributed by atoms with Crippen LogP contribution in [0, 0.1) is 0 Å². The Morgan fingerprint density at radius 1 is 1.00 bits per heavy atom. The topological polar surface area (TPSA) is 18.5 Å². The third-order valence-corrected chi connectivity index (χ3v) is 4.46. The van der Waals surface area contributed by atoms with Crippen LogP contribution in [0.3, 0.4) is 0 Å². The average molecular weight is 313 g/mol. The smallest absolute Gasteiger partial charge is 0.369 e. The van der Waals surface area contributed by atoms with Crippen molar-refractivity contribution in [1.82, 2.24) is 10.2 Å². The first-order valence-corrected chi connectivity index (χ1v) is 7.92. The molecule has 122 valence electrons. The Morgan fingerprint density at radius 3 is 2.32 bits per heavy atom. The Bertz CT molecular complexity index is 504. The second-order valence-corrected chi connectivity index (χ2v) is 6.06. The molecule has 2 aliphatic heterocycles. The van der Waals surface area contributed by atoms with Gasteiger partial charge in [-0.3, -0.25) is 4.90 Å². The Hall–Kier alpha value is -1.27. The Labute approximate surface area is 129 Å². The van der Waals surface area contributed by atoms with Gasteiger partial charge in [-0.25, -0.2) is 0 Å². The predicted molar refractivity (Wildman–Crippen MR) is 81.0 cm³/mol. The number of nitrogens with zero attached hydrogens (tertiary/aromatic N) is 2. The van der Waals surface area contributed by atoms with Gasteiger partial charge in [0.1, 0.15) is 0 Å². The minimum absolute atomic E-state index is 0.550. The molecule has 2 heterocycles. The van der Waals surface area contributed by atoms with E-state index in [0.29, 0.717) is 0 Å². The maximum Gasteiger partial charge on any atom is 0.416 e. The first-order chi connectivity index (χ1) is 10.5. The number of hydrogen-bond acceptors (Lipinski definition) is 3. The molecule has 2 fully saturated rings. The minimum atomic E-state index is -4.28.